The quantitative estimate of drug-likeness (QED) is 0.570. The molecule has 1 nitrogen and oxygen atoms in total. The highest BCUT2D eigenvalue weighted by Gasteiger charge is 2.30. The molecule has 0 radical (unpaired) electrons. The molecule has 0 aromatic heterocycles. The zero-order valence-electron chi connectivity index (χ0n) is 9.47. The number of halogens is 3. The maximum atomic E-state index is 12.4. The second-order valence-corrected chi connectivity index (χ2v) is 3.96. The highest BCUT2D eigenvalue weighted by Crippen LogP contribution is 2.29. The van der Waals surface area contributed by atoms with Crippen LogP contribution in [0, 0.1) is 0 Å². The fourth-order valence-electron chi connectivity index (χ4n) is 1.34. The lowest BCUT2D eigenvalue weighted by Gasteiger charge is -2.08. The normalized spacial score (nSPS) is 11.3. The minimum Gasteiger partial charge on any atom is -0.294 e. The van der Waals surface area contributed by atoms with E-state index in [4.69, 9.17) is 0 Å². The molecule has 0 amide bonds. The molecule has 0 aliphatic heterocycles. The summed E-state index contributed by atoms with van der Waals surface area (Å²) in [5.74, 6) is -0.292. The first-order valence-electron chi connectivity index (χ1n) is 5.15. The molecule has 0 saturated carbocycles. The molecular weight excluding hydrogens is 229 g/mol. The van der Waals surface area contributed by atoms with Crippen molar-refractivity contribution in [2.45, 2.75) is 25.9 Å². The number of rotatable bonds is 4. The number of ketones is 1. The summed E-state index contributed by atoms with van der Waals surface area (Å²) in [7, 11) is 0. The van der Waals surface area contributed by atoms with Crippen molar-refractivity contribution in [2.75, 3.05) is 0 Å². The Morgan fingerprint density at radius 2 is 1.94 bits per heavy atom. The Hall–Kier alpha value is -1.58. The Bertz CT molecular complexity index is 433. The van der Waals surface area contributed by atoms with Gasteiger partial charge in [0.1, 0.15) is 0 Å². The van der Waals surface area contributed by atoms with Crippen LogP contribution in [0.15, 0.2) is 36.4 Å². The Balaban J connectivity index is 2.85. The molecule has 0 fully saturated rings. The zero-order chi connectivity index (χ0) is 13.1. The molecule has 0 aliphatic carbocycles. The summed E-state index contributed by atoms with van der Waals surface area (Å²) < 4.78 is 37.3. The predicted octanol–water partition coefficient (Wildman–Crippen LogP) is 4.24. The summed E-state index contributed by atoms with van der Waals surface area (Å²) in [4.78, 5) is 11.6. The standard InChI is InChI=1S/C13H13F3O/c1-9(2)6-7-12(17)10-4-3-5-11(8-10)13(14,15)16/h3-5,8H,1,6-7H2,2H3. The van der Waals surface area contributed by atoms with Crippen molar-refractivity contribution in [3.05, 3.63) is 47.5 Å². The van der Waals surface area contributed by atoms with E-state index in [1.165, 1.54) is 12.1 Å². The van der Waals surface area contributed by atoms with E-state index >= 15 is 0 Å². The van der Waals surface area contributed by atoms with Crippen molar-refractivity contribution >= 4 is 5.78 Å². The summed E-state index contributed by atoms with van der Waals surface area (Å²) in [6.07, 6.45) is -3.73. The molecule has 1 aromatic carbocycles. The largest absolute Gasteiger partial charge is 0.416 e. The molecular formula is C13H13F3O. The number of carbonyl (C=O) groups excluding carboxylic acids is 1. The van der Waals surface area contributed by atoms with Gasteiger partial charge in [0.15, 0.2) is 5.78 Å². The average molecular weight is 242 g/mol. The molecule has 0 bridgehead atoms. The van der Waals surface area contributed by atoms with Crippen LogP contribution >= 0.6 is 0 Å². The van der Waals surface area contributed by atoms with Gasteiger partial charge in [0.05, 0.1) is 5.56 Å². The summed E-state index contributed by atoms with van der Waals surface area (Å²) in [6, 6.07) is 4.49. The fourth-order valence-corrected chi connectivity index (χ4v) is 1.34. The third kappa shape index (κ3) is 4.06. The van der Waals surface area contributed by atoms with Crippen molar-refractivity contribution < 1.29 is 18.0 Å². The summed E-state index contributed by atoms with van der Waals surface area (Å²) in [5, 5.41) is 0. The number of Topliss-reactive ketones (excluding diaryl/α,β-unsaturated/α-hetero) is 1. The molecule has 0 saturated heterocycles. The van der Waals surface area contributed by atoms with Gasteiger partial charge >= 0.3 is 6.18 Å². The van der Waals surface area contributed by atoms with Gasteiger partial charge in [-0.25, -0.2) is 0 Å². The van der Waals surface area contributed by atoms with Crippen LogP contribution in [0.2, 0.25) is 0 Å². The van der Waals surface area contributed by atoms with Gasteiger partial charge < -0.3 is 0 Å². The smallest absolute Gasteiger partial charge is 0.294 e. The molecule has 0 heterocycles. The summed E-state index contributed by atoms with van der Waals surface area (Å²) >= 11 is 0. The lowest BCUT2D eigenvalue weighted by molar-refractivity contribution is -0.137. The number of benzene rings is 1. The Kier molecular flexibility index (Phi) is 4.10. The van der Waals surface area contributed by atoms with Crippen molar-refractivity contribution in [1.82, 2.24) is 0 Å². The first-order valence-corrected chi connectivity index (χ1v) is 5.15. The van der Waals surface area contributed by atoms with Crippen LogP contribution in [0.25, 0.3) is 0 Å². The van der Waals surface area contributed by atoms with E-state index in [9.17, 15) is 18.0 Å². The van der Waals surface area contributed by atoms with Crippen LogP contribution in [0.3, 0.4) is 0 Å². The van der Waals surface area contributed by atoms with Crippen molar-refractivity contribution in [3.63, 3.8) is 0 Å². The van der Waals surface area contributed by atoms with E-state index in [1.54, 1.807) is 6.92 Å². The van der Waals surface area contributed by atoms with Gasteiger partial charge in [-0.3, -0.25) is 4.79 Å². The number of carbonyl (C=O) groups is 1. The van der Waals surface area contributed by atoms with Crippen molar-refractivity contribution in [2.24, 2.45) is 0 Å². The molecule has 1 rings (SSSR count). The van der Waals surface area contributed by atoms with E-state index in [1.807, 2.05) is 0 Å². The van der Waals surface area contributed by atoms with E-state index in [0.717, 1.165) is 17.7 Å². The number of hydrogen-bond donors (Lipinski definition) is 0. The fraction of sp³-hybridized carbons (Fsp3) is 0.308. The maximum Gasteiger partial charge on any atom is 0.416 e. The molecule has 4 heteroatoms. The van der Waals surface area contributed by atoms with Gasteiger partial charge in [-0.15, -0.1) is 6.58 Å². The average Bonchev–Trinajstić information content (AvgIpc) is 2.25. The Morgan fingerprint density at radius 3 is 2.47 bits per heavy atom. The maximum absolute atomic E-state index is 12.4. The van der Waals surface area contributed by atoms with Gasteiger partial charge in [0.25, 0.3) is 0 Å². The lowest BCUT2D eigenvalue weighted by Crippen LogP contribution is -2.07. The van der Waals surface area contributed by atoms with Gasteiger partial charge in [0.2, 0.25) is 0 Å². The van der Waals surface area contributed by atoms with E-state index < -0.39 is 11.7 Å². The summed E-state index contributed by atoms with van der Waals surface area (Å²) in [6.45, 7) is 5.42. The van der Waals surface area contributed by atoms with Gasteiger partial charge in [-0.05, 0) is 25.5 Å². The molecule has 0 spiro atoms. The molecule has 1 aromatic rings. The number of hydrogen-bond acceptors (Lipinski definition) is 1. The lowest BCUT2D eigenvalue weighted by atomic mass is 10.0. The topological polar surface area (TPSA) is 17.1 Å². The van der Waals surface area contributed by atoms with Crippen LogP contribution in [0.1, 0.15) is 35.7 Å². The third-order valence-corrected chi connectivity index (χ3v) is 2.29. The molecule has 0 aliphatic rings. The van der Waals surface area contributed by atoms with Crippen LogP contribution in [0.5, 0.6) is 0 Å². The van der Waals surface area contributed by atoms with Gasteiger partial charge in [0, 0.05) is 12.0 Å². The molecule has 0 atom stereocenters. The number of allylic oxidation sites excluding steroid dienone is 1. The first-order chi connectivity index (χ1) is 7.80. The van der Waals surface area contributed by atoms with Crippen molar-refractivity contribution in [3.8, 4) is 0 Å². The SMILES string of the molecule is C=C(C)CCC(=O)c1cccc(C(F)(F)F)c1. The summed E-state index contributed by atoms with van der Waals surface area (Å²) in [5.41, 5.74) is 0.144. The molecule has 92 valence electrons. The second-order valence-electron chi connectivity index (χ2n) is 3.96. The van der Waals surface area contributed by atoms with Crippen LogP contribution < -0.4 is 0 Å². The van der Waals surface area contributed by atoms with Gasteiger partial charge in [-0.2, -0.15) is 13.2 Å². The highest BCUT2D eigenvalue weighted by atomic mass is 19.4. The molecule has 17 heavy (non-hydrogen) atoms. The first kappa shape index (κ1) is 13.5. The minimum absolute atomic E-state index is 0.0982. The van der Waals surface area contributed by atoms with E-state index in [-0.39, 0.29) is 17.8 Å². The Labute approximate surface area is 98.0 Å². The monoisotopic (exact) mass is 242 g/mol. The predicted molar refractivity (Wildman–Crippen MR) is 59.8 cm³/mol. The van der Waals surface area contributed by atoms with Gasteiger partial charge in [-0.1, -0.05) is 17.7 Å². The van der Waals surface area contributed by atoms with Crippen LogP contribution in [-0.4, -0.2) is 5.78 Å². The van der Waals surface area contributed by atoms with Crippen molar-refractivity contribution in [1.29, 1.82) is 0 Å². The zero-order valence-corrected chi connectivity index (χ0v) is 9.47. The third-order valence-electron chi connectivity index (χ3n) is 2.29. The van der Waals surface area contributed by atoms with E-state index in [2.05, 4.69) is 6.58 Å². The molecule has 0 unspecified atom stereocenters. The highest BCUT2D eigenvalue weighted by molar-refractivity contribution is 5.96. The Morgan fingerprint density at radius 1 is 1.29 bits per heavy atom. The second kappa shape index (κ2) is 5.17. The van der Waals surface area contributed by atoms with E-state index in [0.29, 0.717) is 6.42 Å². The van der Waals surface area contributed by atoms with Crippen LogP contribution in [0.4, 0.5) is 13.2 Å². The number of alkyl halides is 3. The minimum atomic E-state index is -4.41. The molecule has 0 N–H and O–H groups in total. The van der Waals surface area contributed by atoms with Crippen LogP contribution in [-0.2, 0) is 6.18 Å².